The van der Waals surface area contributed by atoms with Crippen LogP contribution >= 0.6 is 0 Å². The zero-order valence-corrected chi connectivity index (χ0v) is 9.60. The van der Waals surface area contributed by atoms with Gasteiger partial charge in [-0.2, -0.15) is 0 Å². The molecule has 84 valence electrons. The van der Waals surface area contributed by atoms with Crippen LogP contribution < -0.4 is 5.32 Å². The van der Waals surface area contributed by atoms with Gasteiger partial charge >= 0.3 is 0 Å². The largest absolute Gasteiger partial charge is 0.381 e. The first kappa shape index (κ1) is 10.7. The van der Waals surface area contributed by atoms with Crippen LogP contribution in [0.15, 0.2) is 42.1 Å². The van der Waals surface area contributed by atoms with Gasteiger partial charge in [-0.05, 0) is 5.56 Å². The first-order valence-corrected chi connectivity index (χ1v) is 5.40. The summed E-state index contributed by atoms with van der Waals surface area (Å²) in [6.45, 7) is 0. The average Bonchev–Trinajstić information content (AvgIpc) is 2.29. The maximum atomic E-state index is 11.5. The van der Waals surface area contributed by atoms with Crippen LogP contribution in [0.1, 0.15) is 18.0 Å². The highest BCUT2D eigenvalue weighted by Gasteiger charge is 2.21. The quantitative estimate of drug-likeness (QED) is 0.816. The van der Waals surface area contributed by atoms with Crippen molar-refractivity contribution in [3.63, 3.8) is 0 Å². The Morgan fingerprint density at radius 3 is 2.56 bits per heavy atom. The van der Waals surface area contributed by atoms with E-state index in [0.717, 1.165) is 17.7 Å². The predicted molar refractivity (Wildman–Crippen MR) is 63.7 cm³/mol. The van der Waals surface area contributed by atoms with E-state index in [9.17, 15) is 4.79 Å². The van der Waals surface area contributed by atoms with Crippen LogP contribution in [0.2, 0.25) is 0 Å². The van der Waals surface area contributed by atoms with Crippen LogP contribution in [0, 0.1) is 0 Å². The molecule has 0 bridgehead atoms. The summed E-state index contributed by atoms with van der Waals surface area (Å²) in [7, 11) is 3.93. The van der Waals surface area contributed by atoms with E-state index in [0.29, 0.717) is 0 Å². The van der Waals surface area contributed by atoms with Crippen molar-refractivity contribution in [2.45, 2.75) is 12.5 Å². The molecule has 0 aliphatic carbocycles. The molecule has 0 unspecified atom stereocenters. The topological polar surface area (TPSA) is 32.3 Å². The molecule has 1 N–H and O–H groups in total. The van der Waals surface area contributed by atoms with Crippen molar-refractivity contribution >= 4 is 5.91 Å². The Bertz CT molecular complexity index is 409. The molecule has 1 heterocycles. The minimum absolute atomic E-state index is 0.0104. The van der Waals surface area contributed by atoms with Gasteiger partial charge in [0.05, 0.1) is 6.04 Å². The molecule has 0 aromatic heterocycles. The third-order valence-electron chi connectivity index (χ3n) is 2.80. The average molecular weight is 216 g/mol. The smallest absolute Gasteiger partial charge is 0.246 e. The lowest BCUT2D eigenvalue weighted by molar-refractivity contribution is -0.117. The molecule has 3 nitrogen and oxygen atoms in total. The van der Waals surface area contributed by atoms with E-state index in [-0.39, 0.29) is 11.9 Å². The molecule has 1 aliphatic heterocycles. The van der Waals surface area contributed by atoms with Crippen molar-refractivity contribution in [3.8, 4) is 0 Å². The third kappa shape index (κ3) is 2.24. The SMILES string of the molecule is CN(C)C1=CC(=O)N[C@H](c2ccccc2)C1. The van der Waals surface area contributed by atoms with Crippen LogP contribution in [0.4, 0.5) is 0 Å². The molecule has 3 heteroatoms. The summed E-state index contributed by atoms with van der Waals surface area (Å²) >= 11 is 0. The van der Waals surface area contributed by atoms with Crippen molar-refractivity contribution in [2.75, 3.05) is 14.1 Å². The maximum absolute atomic E-state index is 11.5. The maximum Gasteiger partial charge on any atom is 0.246 e. The Morgan fingerprint density at radius 2 is 1.94 bits per heavy atom. The minimum Gasteiger partial charge on any atom is -0.381 e. The number of hydrogen-bond acceptors (Lipinski definition) is 2. The lowest BCUT2D eigenvalue weighted by Gasteiger charge is -2.28. The molecule has 0 spiro atoms. The highest BCUT2D eigenvalue weighted by molar-refractivity contribution is 5.89. The lowest BCUT2D eigenvalue weighted by Crippen LogP contribution is -2.34. The van der Waals surface area contributed by atoms with E-state index in [1.165, 1.54) is 0 Å². The minimum atomic E-state index is -0.0104. The van der Waals surface area contributed by atoms with E-state index in [1.54, 1.807) is 6.08 Å². The van der Waals surface area contributed by atoms with Crippen LogP contribution in [0.5, 0.6) is 0 Å². The van der Waals surface area contributed by atoms with Crippen molar-refractivity contribution in [1.29, 1.82) is 0 Å². The molecule has 1 aromatic rings. The number of nitrogens with one attached hydrogen (secondary N) is 1. The second-order valence-corrected chi connectivity index (χ2v) is 4.21. The number of carbonyl (C=O) groups excluding carboxylic acids is 1. The van der Waals surface area contributed by atoms with Gasteiger partial charge in [-0.3, -0.25) is 4.79 Å². The molecule has 0 fully saturated rings. The van der Waals surface area contributed by atoms with Gasteiger partial charge in [0.25, 0.3) is 0 Å². The number of carbonyl (C=O) groups is 1. The van der Waals surface area contributed by atoms with Crippen molar-refractivity contribution in [1.82, 2.24) is 10.2 Å². The Kier molecular flexibility index (Phi) is 2.95. The van der Waals surface area contributed by atoms with Gasteiger partial charge < -0.3 is 10.2 Å². The Balaban J connectivity index is 2.21. The Labute approximate surface area is 95.8 Å². The second kappa shape index (κ2) is 4.39. The van der Waals surface area contributed by atoms with E-state index >= 15 is 0 Å². The molecule has 0 radical (unpaired) electrons. The molecule has 1 amide bonds. The van der Waals surface area contributed by atoms with Crippen LogP contribution in [0.25, 0.3) is 0 Å². The molecular weight excluding hydrogens is 200 g/mol. The summed E-state index contributed by atoms with van der Waals surface area (Å²) in [5.41, 5.74) is 2.22. The summed E-state index contributed by atoms with van der Waals surface area (Å²) in [6, 6.07) is 10.2. The summed E-state index contributed by atoms with van der Waals surface area (Å²) in [5.74, 6) is -0.0104. The molecule has 1 atom stereocenters. The van der Waals surface area contributed by atoms with Crippen molar-refractivity contribution in [2.24, 2.45) is 0 Å². The van der Waals surface area contributed by atoms with Crippen LogP contribution in [-0.4, -0.2) is 24.9 Å². The molecule has 0 saturated carbocycles. The Morgan fingerprint density at radius 1 is 1.25 bits per heavy atom. The van der Waals surface area contributed by atoms with Gasteiger partial charge in [0, 0.05) is 32.3 Å². The lowest BCUT2D eigenvalue weighted by atomic mass is 9.99. The second-order valence-electron chi connectivity index (χ2n) is 4.21. The van der Waals surface area contributed by atoms with Crippen LogP contribution in [-0.2, 0) is 4.79 Å². The molecule has 2 rings (SSSR count). The van der Waals surface area contributed by atoms with Gasteiger partial charge in [0.1, 0.15) is 0 Å². The van der Waals surface area contributed by atoms with E-state index < -0.39 is 0 Å². The van der Waals surface area contributed by atoms with E-state index in [4.69, 9.17) is 0 Å². The van der Waals surface area contributed by atoms with Crippen molar-refractivity contribution < 1.29 is 4.79 Å². The fourth-order valence-electron chi connectivity index (χ4n) is 1.88. The van der Waals surface area contributed by atoms with Gasteiger partial charge in [-0.25, -0.2) is 0 Å². The van der Waals surface area contributed by atoms with E-state index in [1.807, 2.05) is 49.3 Å². The van der Waals surface area contributed by atoms with Gasteiger partial charge in [0.15, 0.2) is 0 Å². The van der Waals surface area contributed by atoms with Gasteiger partial charge in [0.2, 0.25) is 5.91 Å². The van der Waals surface area contributed by atoms with E-state index in [2.05, 4.69) is 5.32 Å². The third-order valence-corrected chi connectivity index (χ3v) is 2.80. The fraction of sp³-hybridized carbons (Fsp3) is 0.308. The molecule has 16 heavy (non-hydrogen) atoms. The van der Waals surface area contributed by atoms with Gasteiger partial charge in [-0.15, -0.1) is 0 Å². The number of hydrogen-bond donors (Lipinski definition) is 1. The normalized spacial score (nSPS) is 20.0. The highest BCUT2D eigenvalue weighted by atomic mass is 16.1. The number of amides is 1. The summed E-state index contributed by atoms with van der Waals surface area (Å²) < 4.78 is 0. The monoisotopic (exact) mass is 216 g/mol. The molecule has 1 aromatic carbocycles. The predicted octanol–water partition coefficient (Wildman–Crippen LogP) is 1.69. The number of rotatable bonds is 2. The fourth-order valence-corrected chi connectivity index (χ4v) is 1.88. The number of benzene rings is 1. The summed E-state index contributed by atoms with van der Waals surface area (Å²) in [5, 5.41) is 2.98. The van der Waals surface area contributed by atoms with Crippen LogP contribution in [0.3, 0.4) is 0 Å². The zero-order chi connectivity index (χ0) is 11.5. The highest BCUT2D eigenvalue weighted by Crippen LogP contribution is 2.24. The van der Waals surface area contributed by atoms with Gasteiger partial charge in [-0.1, -0.05) is 30.3 Å². The molecule has 1 aliphatic rings. The molecular formula is C13H16N2O. The standard InChI is InChI=1S/C13H16N2O/c1-15(2)11-8-12(14-13(16)9-11)10-6-4-3-5-7-10/h3-7,9,12H,8H2,1-2H3,(H,14,16)/t12-/m0/s1. The van der Waals surface area contributed by atoms with Crippen molar-refractivity contribution in [3.05, 3.63) is 47.7 Å². The Hall–Kier alpha value is -1.77. The zero-order valence-electron chi connectivity index (χ0n) is 9.60. The first-order chi connectivity index (χ1) is 7.66. The molecule has 0 saturated heterocycles. The summed E-state index contributed by atoms with van der Waals surface area (Å²) in [6.07, 6.45) is 2.52. The number of nitrogens with zero attached hydrogens (tertiary/aromatic N) is 1. The first-order valence-electron chi connectivity index (χ1n) is 5.40. The summed E-state index contributed by atoms with van der Waals surface area (Å²) in [4.78, 5) is 13.5.